The van der Waals surface area contributed by atoms with Crippen molar-refractivity contribution in [1.29, 1.82) is 0 Å². The number of thioether (sulfide) groups is 1. The molecule has 1 atom stereocenters. The number of rotatable bonds is 2. The van der Waals surface area contributed by atoms with Gasteiger partial charge in [-0.25, -0.2) is 9.97 Å². The van der Waals surface area contributed by atoms with Gasteiger partial charge >= 0.3 is 0 Å². The highest BCUT2D eigenvalue weighted by Crippen LogP contribution is 2.27. The van der Waals surface area contributed by atoms with Crippen LogP contribution in [0.4, 0.5) is 0 Å². The number of imidazole rings is 1. The highest BCUT2D eigenvalue weighted by Gasteiger charge is 2.23. The number of nitrogens with one attached hydrogen (secondary N) is 2. The Morgan fingerprint density at radius 1 is 1.42 bits per heavy atom. The molecule has 2 N–H and O–H groups in total. The Morgan fingerprint density at radius 2 is 2.32 bits per heavy atom. The van der Waals surface area contributed by atoms with Crippen LogP contribution in [0.3, 0.4) is 0 Å². The maximum atomic E-state index is 11.9. The summed E-state index contributed by atoms with van der Waals surface area (Å²) in [5.41, 5.74) is 2.80. The second-order valence-electron chi connectivity index (χ2n) is 4.76. The van der Waals surface area contributed by atoms with Crippen molar-refractivity contribution >= 4 is 28.8 Å². The van der Waals surface area contributed by atoms with Crippen molar-refractivity contribution in [2.75, 3.05) is 6.54 Å². The van der Waals surface area contributed by atoms with Crippen molar-refractivity contribution in [3.05, 3.63) is 17.8 Å². The summed E-state index contributed by atoms with van der Waals surface area (Å²) < 4.78 is 0. The summed E-state index contributed by atoms with van der Waals surface area (Å²) in [5, 5.41) is 3.67. The minimum Gasteiger partial charge on any atom is -0.355 e. The van der Waals surface area contributed by atoms with E-state index in [4.69, 9.17) is 0 Å². The van der Waals surface area contributed by atoms with Gasteiger partial charge in [0.25, 0.3) is 0 Å². The number of nitrogens with zero attached hydrogens (tertiary/aromatic N) is 2. The molecule has 0 bridgehead atoms. The lowest BCUT2D eigenvalue weighted by atomic mass is 10.2. The number of aryl methyl sites for hydroxylation is 1. The second-order valence-corrected chi connectivity index (χ2v) is 5.95. The number of carbonyl (C=O) groups is 1. The standard InChI is InChI=1S/C13H16N4OS/c1-8-5-7-14-11-10(8)16-13(17-11)19-9-4-2-3-6-15-12(9)18/h5,7,9H,2-4,6H2,1H3,(H,15,18)(H,14,16,17). The molecule has 6 heteroatoms. The predicted molar refractivity (Wildman–Crippen MR) is 75.1 cm³/mol. The van der Waals surface area contributed by atoms with E-state index in [1.165, 1.54) is 11.8 Å². The molecule has 2 aromatic rings. The van der Waals surface area contributed by atoms with E-state index in [2.05, 4.69) is 20.3 Å². The Kier molecular flexibility index (Phi) is 3.42. The Labute approximate surface area is 115 Å². The summed E-state index contributed by atoms with van der Waals surface area (Å²) in [6.45, 7) is 2.81. The molecule has 0 radical (unpaired) electrons. The van der Waals surface area contributed by atoms with Crippen LogP contribution in [0, 0.1) is 6.92 Å². The van der Waals surface area contributed by atoms with Crippen LogP contribution in [0.25, 0.3) is 11.2 Å². The summed E-state index contributed by atoms with van der Waals surface area (Å²) in [6, 6.07) is 1.95. The molecule has 1 saturated heterocycles. The quantitative estimate of drug-likeness (QED) is 0.880. The molecule has 0 spiro atoms. The fraction of sp³-hybridized carbons (Fsp3) is 0.462. The minimum atomic E-state index is -0.0524. The number of H-pyrrole nitrogens is 1. The zero-order chi connectivity index (χ0) is 13.2. The van der Waals surface area contributed by atoms with E-state index >= 15 is 0 Å². The van der Waals surface area contributed by atoms with E-state index in [1.807, 2.05) is 13.0 Å². The first-order valence-corrected chi connectivity index (χ1v) is 7.38. The normalized spacial score (nSPS) is 20.3. The van der Waals surface area contributed by atoms with Crippen LogP contribution in [0.15, 0.2) is 17.4 Å². The predicted octanol–water partition coefficient (Wildman–Crippen LogP) is 2.03. The first-order valence-electron chi connectivity index (χ1n) is 6.50. The fourth-order valence-electron chi connectivity index (χ4n) is 2.23. The molecule has 3 heterocycles. The number of fused-ring (bicyclic) bond motifs is 1. The molecule has 1 aliphatic heterocycles. The summed E-state index contributed by atoms with van der Waals surface area (Å²) in [6.07, 6.45) is 4.79. The SMILES string of the molecule is Cc1ccnc2nc(SC3CCCCNC3=O)[nH]c12. The zero-order valence-electron chi connectivity index (χ0n) is 10.8. The van der Waals surface area contributed by atoms with Crippen LogP contribution in [-0.2, 0) is 4.79 Å². The summed E-state index contributed by atoms with van der Waals surface area (Å²) in [4.78, 5) is 23.9. The Bertz CT molecular complexity index is 610. The molecule has 100 valence electrons. The number of aromatic amines is 1. The molecule has 0 aliphatic carbocycles. The van der Waals surface area contributed by atoms with E-state index in [0.717, 1.165) is 47.7 Å². The topological polar surface area (TPSA) is 70.7 Å². The van der Waals surface area contributed by atoms with Gasteiger partial charge in [0.05, 0.1) is 10.8 Å². The molecule has 0 saturated carbocycles. The lowest BCUT2D eigenvalue weighted by Gasteiger charge is -2.09. The van der Waals surface area contributed by atoms with E-state index < -0.39 is 0 Å². The van der Waals surface area contributed by atoms with Crippen LogP contribution in [0.5, 0.6) is 0 Å². The van der Waals surface area contributed by atoms with Crippen LogP contribution >= 0.6 is 11.8 Å². The lowest BCUT2D eigenvalue weighted by molar-refractivity contribution is -0.120. The first-order chi connectivity index (χ1) is 9.24. The molecule has 0 aromatic carbocycles. The van der Waals surface area contributed by atoms with Gasteiger partial charge in [-0.1, -0.05) is 18.2 Å². The second kappa shape index (κ2) is 5.21. The maximum absolute atomic E-state index is 11.9. The summed E-state index contributed by atoms with van der Waals surface area (Å²) >= 11 is 1.50. The largest absolute Gasteiger partial charge is 0.355 e. The lowest BCUT2D eigenvalue weighted by Crippen LogP contribution is -2.30. The van der Waals surface area contributed by atoms with E-state index in [9.17, 15) is 4.79 Å². The van der Waals surface area contributed by atoms with Crippen molar-refractivity contribution in [3.8, 4) is 0 Å². The highest BCUT2D eigenvalue weighted by molar-refractivity contribution is 8.00. The summed E-state index contributed by atoms with van der Waals surface area (Å²) in [5.74, 6) is 0.118. The Hall–Kier alpha value is -1.56. The van der Waals surface area contributed by atoms with Gasteiger partial charge in [0.1, 0.15) is 0 Å². The number of amides is 1. The Balaban J connectivity index is 1.84. The minimum absolute atomic E-state index is 0.0524. The number of hydrogen-bond acceptors (Lipinski definition) is 4. The highest BCUT2D eigenvalue weighted by atomic mass is 32.2. The number of pyridine rings is 1. The third kappa shape index (κ3) is 2.58. The average molecular weight is 276 g/mol. The summed E-state index contributed by atoms with van der Waals surface area (Å²) in [7, 11) is 0. The first kappa shape index (κ1) is 12.5. The number of aromatic nitrogens is 3. The van der Waals surface area contributed by atoms with Crippen molar-refractivity contribution in [1.82, 2.24) is 20.3 Å². The molecule has 1 aliphatic rings. The van der Waals surface area contributed by atoms with Crippen LogP contribution < -0.4 is 5.32 Å². The van der Waals surface area contributed by atoms with Crippen LogP contribution in [0.1, 0.15) is 24.8 Å². The molecule has 19 heavy (non-hydrogen) atoms. The van der Waals surface area contributed by atoms with Crippen molar-refractivity contribution < 1.29 is 4.79 Å². The molecule has 3 rings (SSSR count). The van der Waals surface area contributed by atoms with Crippen LogP contribution in [-0.4, -0.2) is 32.7 Å². The maximum Gasteiger partial charge on any atom is 0.233 e. The van der Waals surface area contributed by atoms with E-state index in [0.29, 0.717) is 0 Å². The molecule has 1 fully saturated rings. The fourth-order valence-corrected chi connectivity index (χ4v) is 3.27. The van der Waals surface area contributed by atoms with Gasteiger partial charge < -0.3 is 10.3 Å². The van der Waals surface area contributed by atoms with Gasteiger partial charge in [-0.15, -0.1) is 0 Å². The van der Waals surface area contributed by atoms with Gasteiger partial charge in [-0.05, 0) is 31.4 Å². The third-order valence-electron chi connectivity index (χ3n) is 3.32. The molecule has 2 aromatic heterocycles. The van der Waals surface area contributed by atoms with Gasteiger partial charge in [0, 0.05) is 12.7 Å². The number of carbonyl (C=O) groups excluding carboxylic acids is 1. The molecule has 1 unspecified atom stereocenters. The van der Waals surface area contributed by atoms with Gasteiger partial charge in [0.2, 0.25) is 5.91 Å². The number of hydrogen-bond donors (Lipinski definition) is 2. The molecular formula is C13H16N4OS. The van der Waals surface area contributed by atoms with E-state index in [1.54, 1.807) is 6.20 Å². The van der Waals surface area contributed by atoms with Crippen molar-refractivity contribution in [2.45, 2.75) is 36.6 Å². The van der Waals surface area contributed by atoms with Crippen LogP contribution in [0.2, 0.25) is 0 Å². The van der Waals surface area contributed by atoms with Crippen molar-refractivity contribution in [3.63, 3.8) is 0 Å². The monoisotopic (exact) mass is 276 g/mol. The van der Waals surface area contributed by atoms with Crippen molar-refractivity contribution in [2.24, 2.45) is 0 Å². The van der Waals surface area contributed by atoms with Gasteiger partial charge in [0.15, 0.2) is 10.8 Å². The van der Waals surface area contributed by atoms with E-state index in [-0.39, 0.29) is 11.2 Å². The molecule has 5 nitrogen and oxygen atoms in total. The van der Waals surface area contributed by atoms with Gasteiger partial charge in [-0.2, -0.15) is 0 Å². The Morgan fingerprint density at radius 3 is 3.16 bits per heavy atom. The smallest absolute Gasteiger partial charge is 0.233 e. The molecule has 1 amide bonds. The van der Waals surface area contributed by atoms with Gasteiger partial charge in [-0.3, -0.25) is 4.79 Å². The average Bonchev–Trinajstić information content (AvgIpc) is 2.70. The molecular weight excluding hydrogens is 260 g/mol. The third-order valence-corrected chi connectivity index (χ3v) is 4.47. The zero-order valence-corrected chi connectivity index (χ0v) is 11.6.